The number of H-pyrrole nitrogens is 1. The van der Waals surface area contributed by atoms with E-state index in [0.29, 0.717) is 41.0 Å². The van der Waals surface area contributed by atoms with Gasteiger partial charge in [-0.2, -0.15) is 0 Å². The van der Waals surface area contributed by atoms with Gasteiger partial charge in [-0.3, -0.25) is 4.79 Å². The molecule has 1 aromatic heterocycles. The Hall–Kier alpha value is -1.66. The van der Waals surface area contributed by atoms with Gasteiger partial charge in [0, 0.05) is 53.9 Å². The first-order chi connectivity index (χ1) is 14.3. The molecule has 2 saturated heterocycles. The largest absolute Gasteiger partial charge is 0.361 e. The van der Waals surface area contributed by atoms with Crippen LogP contribution in [-0.2, 0) is 9.13 Å². The van der Waals surface area contributed by atoms with Crippen molar-refractivity contribution in [2.45, 2.75) is 77.3 Å². The van der Waals surface area contributed by atoms with Gasteiger partial charge in [-0.15, -0.1) is 4.33 Å². The molecule has 0 spiro atoms. The maximum Gasteiger partial charge on any atom is 0.223 e. The molecule has 4 bridgehead atoms. The number of amides is 1. The predicted octanol–water partition coefficient (Wildman–Crippen LogP) is 5.82. The van der Waals surface area contributed by atoms with Crippen LogP contribution in [0.3, 0.4) is 0 Å². The molecule has 0 radical (unpaired) electrons. The Morgan fingerprint density at radius 3 is 2.53 bits per heavy atom. The highest BCUT2D eigenvalue weighted by Gasteiger charge is 2.57. The number of rotatable bonds is 6. The number of fused-ring (bicyclic) bond motifs is 1. The third-order valence-corrected chi connectivity index (χ3v) is 7.95. The van der Waals surface area contributed by atoms with E-state index in [1.165, 1.54) is 44.1 Å². The monoisotopic (exact) mass is 428 g/mol. The van der Waals surface area contributed by atoms with E-state index >= 15 is 0 Å². The second-order valence-electron chi connectivity index (χ2n) is 10.6. The highest BCUT2D eigenvalue weighted by Crippen LogP contribution is 2.61. The zero-order valence-corrected chi connectivity index (χ0v) is 19.2. The van der Waals surface area contributed by atoms with Crippen LogP contribution in [0.25, 0.3) is 10.9 Å². The van der Waals surface area contributed by atoms with Gasteiger partial charge in [0.05, 0.1) is 0 Å². The fourth-order valence-electron chi connectivity index (χ4n) is 7.19. The zero-order valence-electron chi connectivity index (χ0n) is 18.4. The highest BCUT2D eigenvalue weighted by atomic mass is 32.2. The Labute approximate surface area is 183 Å². The first-order valence-electron chi connectivity index (χ1n) is 11.1. The fraction of sp³-hybridized carbons (Fsp3) is 0.625. The fourth-order valence-corrected chi connectivity index (χ4v) is 7.33. The average Bonchev–Trinajstić information content (AvgIpc) is 3.08. The van der Waals surface area contributed by atoms with Gasteiger partial charge in [-0.1, -0.05) is 26.8 Å². The quantitative estimate of drug-likeness (QED) is 0.358. The number of aromatic amines is 1. The topological polar surface area (TPSA) is 54.6 Å². The summed E-state index contributed by atoms with van der Waals surface area (Å²) in [7, 11) is 0. The van der Waals surface area contributed by atoms with E-state index in [-0.39, 0.29) is 5.92 Å². The number of hydrogen-bond donors (Lipinski definition) is 1. The zero-order chi connectivity index (χ0) is 21.1. The van der Waals surface area contributed by atoms with Crippen molar-refractivity contribution in [2.24, 2.45) is 10.8 Å². The Morgan fingerprint density at radius 2 is 1.90 bits per heavy atom. The maximum atomic E-state index is 13.5. The molecule has 5 nitrogen and oxygen atoms in total. The van der Waals surface area contributed by atoms with Gasteiger partial charge < -0.3 is 14.8 Å². The summed E-state index contributed by atoms with van der Waals surface area (Å²) in [6.45, 7) is 7.03. The lowest BCUT2D eigenvalue weighted by atomic mass is 9.50. The van der Waals surface area contributed by atoms with Gasteiger partial charge >= 0.3 is 0 Å². The molecular formula is C24H32N2O3S. The van der Waals surface area contributed by atoms with Crippen molar-refractivity contribution in [2.75, 3.05) is 6.26 Å². The van der Waals surface area contributed by atoms with Crippen LogP contribution in [0.15, 0.2) is 24.4 Å². The van der Waals surface area contributed by atoms with Crippen LogP contribution in [0.4, 0.5) is 0 Å². The Morgan fingerprint density at radius 1 is 1.23 bits per heavy atom. The van der Waals surface area contributed by atoms with E-state index in [9.17, 15) is 4.79 Å². The number of nitrogens with one attached hydrogen (secondary N) is 1. The Bertz CT molecular complexity index is 935. The minimum Gasteiger partial charge on any atom is -0.361 e. The standard InChI is InChI=1S/C24H32N2O3S/c1-15(18-13-25-19-6-5-7-20(22(18)19)28-29-30-4)8-21(27)26-16-9-23(2)10-17(26)12-24(3,11-16)14-23/h5-7,13,15-17,25H,8-12,14H2,1-4H3. The molecule has 4 aliphatic rings. The lowest BCUT2D eigenvalue weighted by Crippen LogP contribution is -2.65. The SMILES string of the molecule is CSOOc1cccc2[nH]cc(C(C)CC(=O)N3C4CC5(C)CC3CC(C)(C4)C5)c12. The predicted molar refractivity (Wildman–Crippen MR) is 120 cm³/mol. The Balaban J connectivity index is 1.36. The molecule has 162 valence electrons. The molecule has 1 atom stereocenters. The van der Waals surface area contributed by atoms with E-state index < -0.39 is 0 Å². The first-order valence-corrected chi connectivity index (χ1v) is 12.2. The van der Waals surface area contributed by atoms with Crippen LogP contribution in [-0.4, -0.2) is 34.1 Å². The van der Waals surface area contributed by atoms with Crippen molar-refractivity contribution in [3.63, 3.8) is 0 Å². The number of piperidine rings is 2. The molecule has 3 heterocycles. The summed E-state index contributed by atoms with van der Waals surface area (Å²) >= 11 is 1.17. The second-order valence-corrected chi connectivity index (χ2v) is 11.0. The lowest BCUT2D eigenvalue weighted by Gasteiger charge is -2.64. The number of nitrogens with zero attached hydrogens (tertiary/aromatic N) is 1. The van der Waals surface area contributed by atoms with E-state index in [4.69, 9.17) is 9.22 Å². The van der Waals surface area contributed by atoms with Crippen molar-refractivity contribution in [3.8, 4) is 5.75 Å². The smallest absolute Gasteiger partial charge is 0.223 e. The minimum atomic E-state index is 0.105. The average molecular weight is 429 g/mol. The summed E-state index contributed by atoms with van der Waals surface area (Å²) in [4.78, 5) is 24.6. The number of hydrogen-bond acceptors (Lipinski definition) is 4. The van der Waals surface area contributed by atoms with Crippen LogP contribution in [0, 0.1) is 10.8 Å². The van der Waals surface area contributed by atoms with Gasteiger partial charge in [0.1, 0.15) is 0 Å². The minimum absolute atomic E-state index is 0.105. The van der Waals surface area contributed by atoms with Crippen LogP contribution >= 0.6 is 12.0 Å². The van der Waals surface area contributed by atoms with Crippen molar-refractivity contribution in [3.05, 3.63) is 30.0 Å². The molecule has 6 heteroatoms. The van der Waals surface area contributed by atoms with Crippen LogP contribution < -0.4 is 4.89 Å². The molecule has 2 aliphatic carbocycles. The summed E-state index contributed by atoms with van der Waals surface area (Å²) in [6, 6.07) is 6.74. The number of aromatic nitrogens is 1. The van der Waals surface area contributed by atoms with Gasteiger partial charge in [0.15, 0.2) is 5.75 Å². The molecule has 2 aliphatic heterocycles. The molecule has 1 aromatic carbocycles. The maximum absolute atomic E-state index is 13.5. The van der Waals surface area contributed by atoms with Gasteiger partial charge in [0.25, 0.3) is 0 Å². The number of carbonyl (C=O) groups is 1. The van der Waals surface area contributed by atoms with E-state index in [0.717, 1.165) is 16.5 Å². The summed E-state index contributed by atoms with van der Waals surface area (Å²) in [5, 5.41) is 1.01. The number of carbonyl (C=O) groups excluding carboxylic acids is 1. The molecule has 2 saturated carbocycles. The molecule has 4 fully saturated rings. The molecule has 2 aromatic rings. The first kappa shape index (κ1) is 20.3. The molecule has 6 rings (SSSR count). The Kier molecular flexibility index (Phi) is 4.86. The third-order valence-electron chi connectivity index (χ3n) is 7.74. The van der Waals surface area contributed by atoms with Crippen molar-refractivity contribution < 1.29 is 14.0 Å². The normalized spacial score (nSPS) is 33.3. The lowest BCUT2D eigenvalue weighted by molar-refractivity contribution is -0.168. The van der Waals surface area contributed by atoms with Crippen molar-refractivity contribution in [1.82, 2.24) is 9.88 Å². The van der Waals surface area contributed by atoms with Crippen LogP contribution in [0.5, 0.6) is 5.75 Å². The molecule has 1 unspecified atom stereocenters. The number of benzene rings is 1. The molecular weight excluding hydrogens is 396 g/mol. The molecule has 30 heavy (non-hydrogen) atoms. The van der Waals surface area contributed by atoms with Crippen molar-refractivity contribution >= 4 is 28.9 Å². The van der Waals surface area contributed by atoms with Gasteiger partial charge in [-0.05, 0) is 66.5 Å². The summed E-state index contributed by atoms with van der Waals surface area (Å²) in [5.74, 6) is 1.11. The second kappa shape index (κ2) is 7.20. The van der Waals surface area contributed by atoms with Gasteiger partial charge in [-0.25, -0.2) is 0 Å². The van der Waals surface area contributed by atoms with E-state index in [2.05, 4.69) is 30.7 Å². The molecule has 1 N–H and O–H groups in total. The summed E-state index contributed by atoms with van der Waals surface area (Å²) in [5.41, 5.74) is 2.98. The van der Waals surface area contributed by atoms with Crippen LogP contribution in [0.2, 0.25) is 0 Å². The third kappa shape index (κ3) is 3.32. The van der Waals surface area contributed by atoms with Crippen LogP contribution in [0.1, 0.15) is 70.8 Å². The van der Waals surface area contributed by atoms with Crippen molar-refractivity contribution in [1.29, 1.82) is 0 Å². The van der Waals surface area contributed by atoms with E-state index in [1.807, 2.05) is 30.7 Å². The molecule has 1 amide bonds. The summed E-state index contributed by atoms with van der Waals surface area (Å²) < 4.78 is 5.12. The summed E-state index contributed by atoms with van der Waals surface area (Å²) in [6.07, 6.45) is 10.4. The highest BCUT2D eigenvalue weighted by molar-refractivity contribution is 7.93. The van der Waals surface area contributed by atoms with E-state index in [1.54, 1.807) is 0 Å². The van der Waals surface area contributed by atoms with Gasteiger partial charge in [0.2, 0.25) is 5.91 Å².